The Balaban J connectivity index is 0.00000192. The van der Waals surface area contributed by atoms with Gasteiger partial charge in [0.15, 0.2) is 0 Å². The first-order valence-electron chi connectivity index (χ1n) is 6.88. The molecule has 0 saturated carbocycles. The van der Waals surface area contributed by atoms with Gasteiger partial charge in [0.1, 0.15) is 17.3 Å². The molecule has 0 aliphatic heterocycles. The quantitative estimate of drug-likeness (QED) is 0.714. The largest absolute Gasteiger partial charge is 0.478 e. The van der Waals surface area contributed by atoms with Crippen LogP contribution in [-0.2, 0) is 13.1 Å². The van der Waals surface area contributed by atoms with Crippen molar-refractivity contribution in [3.63, 3.8) is 0 Å². The zero-order chi connectivity index (χ0) is 15.4. The second-order valence-electron chi connectivity index (χ2n) is 4.83. The molecular weight excluding hydrogens is 318 g/mol. The lowest BCUT2D eigenvalue weighted by Gasteiger charge is -2.01. The molecule has 0 bridgehead atoms. The van der Waals surface area contributed by atoms with E-state index >= 15 is 0 Å². The van der Waals surface area contributed by atoms with Gasteiger partial charge in [0.05, 0.1) is 24.9 Å². The average Bonchev–Trinajstić information content (AvgIpc) is 3.19. The van der Waals surface area contributed by atoms with Crippen LogP contribution in [0.15, 0.2) is 63.6 Å². The van der Waals surface area contributed by atoms with E-state index in [-0.39, 0.29) is 18.0 Å². The molecule has 0 aliphatic carbocycles. The van der Waals surface area contributed by atoms with Gasteiger partial charge in [0.25, 0.3) is 0 Å². The fourth-order valence-corrected chi connectivity index (χ4v) is 2.16. The summed E-state index contributed by atoms with van der Waals surface area (Å²) in [6.07, 6.45) is 1.64. The van der Waals surface area contributed by atoms with Crippen LogP contribution in [0.25, 0.3) is 11.3 Å². The van der Waals surface area contributed by atoms with Crippen LogP contribution < -0.4 is 5.32 Å². The summed E-state index contributed by atoms with van der Waals surface area (Å²) in [5, 5.41) is 12.2. The Kier molecular flexibility index (Phi) is 5.62. The summed E-state index contributed by atoms with van der Waals surface area (Å²) in [6.45, 7) is 1.19. The molecule has 0 fully saturated rings. The molecule has 5 nitrogen and oxygen atoms in total. The zero-order valence-corrected chi connectivity index (χ0v) is 13.0. The van der Waals surface area contributed by atoms with Crippen LogP contribution in [0.3, 0.4) is 0 Å². The molecule has 0 radical (unpaired) electrons. The Morgan fingerprint density at radius 2 is 1.87 bits per heavy atom. The standard InChI is InChI=1S/C17H15NO4.ClH/c19-17(20)13-4-1-3-12(9-13)16-7-6-15(22-16)11-18-10-14-5-2-8-21-14;/h1-9,18H,10-11H2,(H,19,20);1H. The van der Waals surface area contributed by atoms with Crippen molar-refractivity contribution in [3.8, 4) is 11.3 Å². The van der Waals surface area contributed by atoms with Crippen LogP contribution in [-0.4, -0.2) is 11.1 Å². The molecule has 0 saturated heterocycles. The first kappa shape index (κ1) is 16.9. The highest BCUT2D eigenvalue weighted by atomic mass is 35.5. The van der Waals surface area contributed by atoms with E-state index in [4.69, 9.17) is 13.9 Å². The molecule has 0 spiro atoms. The van der Waals surface area contributed by atoms with E-state index in [0.29, 0.717) is 18.8 Å². The number of hydrogen-bond donors (Lipinski definition) is 2. The SMILES string of the molecule is Cl.O=C(O)c1cccc(-c2ccc(CNCc3ccco3)o2)c1. The predicted octanol–water partition coefficient (Wildman–Crippen LogP) is 3.95. The zero-order valence-electron chi connectivity index (χ0n) is 12.2. The maximum Gasteiger partial charge on any atom is 0.335 e. The maximum absolute atomic E-state index is 11.0. The molecule has 1 aromatic carbocycles. The summed E-state index contributed by atoms with van der Waals surface area (Å²) in [5.74, 6) is 1.34. The summed E-state index contributed by atoms with van der Waals surface area (Å²) in [6, 6.07) is 14.1. The van der Waals surface area contributed by atoms with Crippen molar-refractivity contribution in [1.82, 2.24) is 5.32 Å². The molecule has 0 amide bonds. The van der Waals surface area contributed by atoms with Gasteiger partial charge in [-0.3, -0.25) is 0 Å². The second kappa shape index (κ2) is 7.67. The third-order valence-corrected chi connectivity index (χ3v) is 3.23. The van der Waals surface area contributed by atoms with Crippen molar-refractivity contribution in [1.29, 1.82) is 0 Å². The number of carboxylic acids is 1. The molecule has 0 aliphatic rings. The fraction of sp³-hybridized carbons (Fsp3) is 0.118. The minimum atomic E-state index is -0.950. The monoisotopic (exact) mass is 333 g/mol. The lowest BCUT2D eigenvalue weighted by atomic mass is 10.1. The van der Waals surface area contributed by atoms with Crippen LogP contribution >= 0.6 is 12.4 Å². The maximum atomic E-state index is 11.0. The van der Waals surface area contributed by atoms with Crippen LogP contribution in [0.5, 0.6) is 0 Å². The molecule has 120 valence electrons. The van der Waals surface area contributed by atoms with Gasteiger partial charge in [-0.1, -0.05) is 12.1 Å². The van der Waals surface area contributed by atoms with Crippen molar-refractivity contribution in [2.24, 2.45) is 0 Å². The van der Waals surface area contributed by atoms with E-state index in [0.717, 1.165) is 17.1 Å². The molecule has 3 aromatic rings. The number of halogens is 1. The summed E-state index contributed by atoms with van der Waals surface area (Å²) in [7, 11) is 0. The summed E-state index contributed by atoms with van der Waals surface area (Å²) in [5.41, 5.74) is 0.989. The van der Waals surface area contributed by atoms with E-state index in [9.17, 15) is 4.79 Å². The van der Waals surface area contributed by atoms with Gasteiger partial charge in [0.2, 0.25) is 0 Å². The van der Waals surface area contributed by atoms with Gasteiger partial charge >= 0.3 is 5.97 Å². The molecule has 6 heteroatoms. The van der Waals surface area contributed by atoms with E-state index in [1.54, 1.807) is 24.5 Å². The predicted molar refractivity (Wildman–Crippen MR) is 87.6 cm³/mol. The number of carboxylic acid groups (broad SMARTS) is 1. The lowest BCUT2D eigenvalue weighted by molar-refractivity contribution is 0.0697. The average molecular weight is 334 g/mol. The fourth-order valence-electron chi connectivity index (χ4n) is 2.16. The number of hydrogen-bond acceptors (Lipinski definition) is 4. The first-order valence-corrected chi connectivity index (χ1v) is 6.88. The highest BCUT2D eigenvalue weighted by Gasteiger charge is 2.08. The van der Waals surface area contributed by atoms with E-state index in [1.165, 1.54) is 0 Å². The van der Waals surface area contributed by atoms with Crippen molar-refractivity contribution in [3.05, 3.63) is 71.9 Å². The Morgan fingerprint density at radius 3 is 2.61 bits per heavy atom. The van der Waals surface area contributed by atoms with Crippen LogP contribution in [0, 0.1) is 0 Å². The van der Waals surface area contributed by atoms with Gasteiger partial charge < -0.3 is 19.3 Å². The van der Waals surface area contributed by atoms with Crippen molar-refractivity contribution < 1.29 is 18.7 Å². The van der Waals surface area contributed by atoms with Crippen molar-refractivity contribution >= 4 is 18.4 Å². The third kappa shape index (κ3) is 4.25. The van der Waals surface area contributed by atoms with Crippen molar-refractivity contribution in [2.75, 3.05) is 0 Å². The normalized spacial score (nSPS) is 10.3. The Labute approximate surface area is 139 Å². The lowest BCUT2D eigenvalue weighted by Crippen LogP contribution is -2.11. The highest BCUT2D eigenvalue weighted by molar-refractivity contribution is 5.89. The smallest absolute Gasteiger partial charge is 0.335 e. The number of carbonyl (C=O) groups is 1. The van der Waals surface area contributed by atoms with Gasteiger partial charge in [-0.15, -0.1) is 12.4 Å². The van der Waals surface area contributed by atoms with Crippen LogP contribution in [0.4, 0.5) is 0 Å². The van der Waals surface area contributed by atoms with E-state index in [2.05, 4.69) is 5.32 Å². The Bertz CT molecular complexity index is 765. The van der Waals surface area contributed by atoms with Gasteiger partial charge in [-0.25, -0.2) is 4.79 Å². The number of furan rings is 2. The number of nitrogens with one attached hydrogen (secondary N) is 1. The van der Waals surface area contributed by atoms with E-state index < -0.39 is 5.97 Å². The first-order chi connectivity index (χ1) is 10.7. The number of rotatable bonds is 6. The van der Waals surface area contributed by atoms with Crippen molar-refractivity contribution in [2.45, 2.75) is 13.1 Å². The molecular formula is C17H16ClNO4. The molecule has 3 rings (SSSR count). The van der Waals surface area contributed by atoms with Gasteiger partial charge in [-0.05, 0) is 36.4 Å². The molecule has 0 unspecified atom stereocenters. The Hall–Kier alpha value is -2.50. The summed E-state index contributed by atoms with van der Waals surface area (Å²) in [4.78, 5) is 11.0. The third-order valence-electron chi connectivity index (χ3n) is 3.23. The molecule has 2 aromatic heterocycles. The minimum Gasteiger partial charge on any atom is -0.478 e. The van der Waals surface area contributed by atoms with Gasteiger partial charge in [0, 0.05) is 5.56 Å². The minimum absolute atomic E-state index is 0. The molecule has 0 atom stereocenters. The second-order valence-corrected chi connectivity index (χ2v) is 4.83. The van der Waals surface area contributed by atoms with Crippen LogP contribution in [0.2, 0.25) is 0 Å². The molecule has 2 N–H and O–H groups in total. The summed E-state index contributed by atoms with van der Waals surface area (Å²) >= 11 is 0. The van der Waals surface area contributed by atoms with Gasteiger partial charge in [-0.2, -0.15) is 0 Å². The topological polar surface area (TPSA) is 75.6 Å². The van der Waals surface area contributed by atoms with Crippen LogP contribution in [0.1, 0.15) is 21.9 Å². The number of aromatic carboxylic acids is 1. The molecule has 2 heterocycles. The highest BCUT2D eigenvalue weighted by Crippen LogP contribution is 2.23. The summed E-state index contributed by atoms with van der Waals surface area (Å²) < 4.78 is 11.0. The molecule has 23 heavy (non-hydrogen) atoms. The Morgan fingerprint density at radius 1 is 1.04 bits per heavy atom. The van der Waals surface area contributed by atoms with E-state index in [1.807, 2.05) is 30.3 Å². The number of benzene rings is 1.